The molecule has 0 radical (unpaired) electrons. The maximum absolute atomic E-state index is 12.5. The van der Waals surface area contributed by atoms with Gasteiger partial charge in [-0.2, -0.15) is 4.98 Å². The van der Waals surface area contributed by atoms with Gasteiger partial charge < -0.3 is 14.6 Å². The first-order chi connectivity index (χ1) is 13.3. The number of benzene rings is 1. The summed E-state index contributed by atoms with van der Waals surface area (Å²) < 4.78 is 10.7. The number of hydrogen-bond donors (Lipinski definition) is 1. The minimum Gasteiger partial charge on any atom is -0.485 e. The average Bonchev–Trinajstić information content (AvgIpc) is 3.14. The number of carbonyl (C=O) groups excluding carboxylic acids is 1. The number of hydrogen-bond acceptors (Lipinski definition) is 6. The molecule has 0 atom stereocenters. The van der Waals surface area contributed by atoms with Crippen molar-refractivity contribution >= 4 is 5.91 Å². The average molecular weight is 386 g/mol. The highest BCUT2D eigenvalue weighted by Gasteiger charge is 2.27. The van der Waals surface area contributed by atoms with E-state index in [-0.39, 0.29) is 24.1 Å². The van der Waals surface area contributed by atoms with Gasteiger partial charge in [0, 0.05) is 36.7 Å². The summed E-state index contributed by atoms with van der Waals surface area (Å²) in [7, 11) is 0. The summed E-state index contributed by atoms with van der Waals surface area (Å²) >= 11 is 0. The Hall–Kier alpha value is -2.41. The van der Waals surface area contributed by atoms with Crippen molar-refractivity contribution in [2.24, 2.45) is 0 Å². The number of ether oxygens (including phenoxy) is 1. The van der Waals surface area contributed by atoms with E-state index in [2.05, 4.69) is 41.1 Å². The van der Waals surface area contributed by atoms with Crippen LogP contribution in [0.2, 0.25) is 0 Å². The van der Waals surface area contributed by atoms with E-state index < -0.39 is 0 Å². The van der Waals surface area contributed by atoms with Gasteiger partial charge in [-0.3, -0.25) is 9.69 Å². The number of rotatable bonds is 6. The second-order valence-corrected chi connectivity index (χ2v) is 8.18. The van der Waals surface area contributed by atoms with E-state index in [1.165, 1.54) is 0 Å². The van der Waals surface area contributed by atoms with Crippen molar-refractivity contribution in [1.29, 1.82) is 0 Å². The van der Waals surface area contributed by atoms with Crippen LogP contribution in [0.5, 0.6) is 5.75 Å². The predicted molar refractivity (Wildman–Crippen MR) is 106 cm³/mol. The minimum atomic E-state index is -0.0356. The third kappa shape index (κ3) is 5.32. The molecule has 1 aromatic heterocycles. The quantitative estimate of drug-likeness (QED) is 0.821. The second-order valence-electron chi connectivity index (χ2n) is 8.18. The lowest BCUT2D eigenvalue weighted by Crippen LogP contribution is -2.50. The van der Waals surface area contributed by atoms with Crippen LogP contribution >= 0.6 is 0 Å². The maximum Gasteiger partial charge on any atom is 0.251 e. The summed E-state index contributed by atoms with van der Waals surface area (Å²) in [6, 6.07) is 7.37. The molecule has 1 aromatic carbocycles. The maximum atomic E-state index is 12.5. The first kappa shape index (κ1) is 20.3. The van der Waals surface area contributed by atoms with Crippen molar-refractivity contribution in [2.75, 3.05) is 13.1 Å². The Bertz CT molecular complexity index is 772. The first-order valence-electron chi connectivity index (χ1n) is 9.95. The Balaban J connectivity index is 1.47. The van der Waals surface area contributed by atoms with Crippen LogP contribution in [0.15, 0.2) is 28.8 Å². The van der Waals surface area contributed by atoms with Crippen LogP contribution in [0.3, 0.4) is 0 Å². The van der Waals surface area contributed by atoms with Gasteiger partial charge in [-0.05, 0) is 57.9 Å². The van der Waals surface area contributed by atoms with Crippen molar-refractivity contribution in [3.05, 3.63) is 41.5 Å². The molecular formula is C21H30N4O3. The molecular weight excluding hydrogens is 356 g/mol. The molecule has 7 heteroatoms. The largest absolute Gasteiger partial charge is 0.485 e. The van der Waals surface area contributed by atoms with Crippen LogP contribution in [-0.4, -0.2) is 45.6 Å². The molecule has 152 valence electrons. The topological polar surface area (TPSA) is 80.5 Å². The second kappa shape index (κ2) is 8.73. The molecule has 0 spiro atoms. The molecule has 1 N–H and O–H groups in total. The lowest BCUT2D eigenvalue weighted by Gasteiger charge is -2.41. The van der Waals surface area contributed by atoms with Crippen molar-refractivity contribution in [1.82, 2.24) is 20.4 Å². The van der Waals surface area contributed by atoms with Crippen LogP contribution in [0.1, 0.15) is 62.6 Å². The molecule has 2 aromatic rings. The molecule has 1 amide bonds. The van der Waals surface area contributed by atoms with E-state index in [9.17, 15) is 4.79 Å². The van der Waals surface area contributed by atoms with Gasteiger partial charge in [0.15, 0.2) is 6.61 Å². The summed E-state index contributed by atoms with van der Waals surface area (Å²) in [5, 5.41) is 7.01. The van der Waals surface area contributed by atoms with E-state index in [1.54, 1.807) is 24.3 Å². The van der Waals surface area contributed by atoms with Crippen LogP contribution in [0.4, 0.5) is 0 Å². The molecule has 3 rings (SSSR count). The lowest BCUT2D eigenvalue weighted by atomic mass is 9.98. The van der Waals surface area contributed by atoms with Crippen LogP contribution < -0.4 is 10.1 Å². The minimum absolute atomic E-state index is 0.0356. The van der Waals surface area contributed by atoms with E-state index in [0.717, 1.165) is 25.9 Å². The number of carbonyl (C=O) groups is 1. The zero-order valence-corrected chi connectivity index (χ0v) is 17.2. The van der Waals surface area contributed by atoms with Crippen molar-refractivity contribution < 1.29 is 14.1 Å². The summed E-state index contributed by atoms with van der Waals surface area (Å²) in [5.41, 5.74) is 0.822. The SMILES string of the molecule is CCc1nc(COc2ccc(C(=O)NC3CCN(C(C)(C)C)CC3)cc2)no1. The highest BCUT2D eigenvalue weighted by molar-refractivity contribution is 5.94. The van der Waals surface area contributed by atoms with Crippen LogP contribution in [0.25, 0.3) is 0 Å². The smallest absolute Gasteiger partial charge is 0.251 e. The summed E-state index contributed by atoms with van der Waals surface area (Å²) in [5.74, 6) is 1.74. The molecule has 7 nitrogen and oxygen atoms in total. The van der Waals surface area contributed by atoms with Crippen molar-refractivity contribution in [2.45, 2.75) is 65.1 Å². The fourth-order valence-electron chi connectivity index (χ4n) is 3.31. The number of aryl methyl sites for hydroxylation is 1. The van der Waals surface area contributed by atoms with Crippen molar-refractivity contribution in [3.63, 3.8) is 0 Å². The molecule has 28 heavy (non-hydrogen) atoms. The summed E-state index contributed by atoms with van der Waals surface area (Å²) in [6.07, 6.45) is 2.66. The van der Waals surface area contributed by atoms with E-state index in [1.807, 2.05) is 6.92 Å². The third-order valence-corrected chi connectivity index (χ3v) is 5.08. The molecule has 0 unspecified atom stereocenters. The fourth-order valence-corrected chi connectivity index (χ4v) is 3.31. The zero-order chi connectivity index (χ0) is 20.1. The van der Waals surface area contributed by atoms with Gasteiger partial charge in [0.1, 0.15) is 5.75 Å². The predicted octanol–water partition coefficient (Wildman–Crippen LogP) is 3.20. The normalized spacial score (nSPS) is 16.1. The fraction of sp³-hybridized carbons (Fsp3) is 0.571. The van der Waals surface area contributed by atoms with Gasteiger partial charge in [-0.15, -0.1) is 0 Å². The molecule has 1 fully saturated rings. The monoisotopic (exact) mass is 386 g/mol. The Labute approximate surface area is 166 Å². The molecule has 0 bridgehead atoms. The van der Waals surface area contributed by atoms with Gasteiger partial charge in [-0.25, -0.2) is 0 Å². The lowest BCUT2D eigenvalue weighted by molar-refractivity contribution is 0.0812. The number of piperidine rings is 1. The summed E-state index contributed by atoms with van der Waals surface area (Å²) in [6.45, 7) is 10.9. The van der Waals surface area contributed by atoms with E-state index in [4.69, 9.17) is 9.26 Å². The Kier molecular flexibility index (Phi) is 6.34. The van der Waals surface area contributed by atoms with Gasteiger partial charge in [0.05, 0.1) is 0 Å². The zero-order valence-electron chi connectivity index (χ0n) is 17.2. The Morgan fingerprint density at radius 2 is 1.93 bits per heavy atom. The number of nitrogens with zero attached hydrogens (tertiary/aromatic N) is 3. The van der Waals surface area contributed by atoms with E-state index >= 15 is 0 Å². The Morgan fingerprint density at radius 1 is 1.25 bits per heavy atom. The molecule has 2 heterocycles. The standard InChI is InChI=1S/C21H30N4O3/c1-5-19-23-18(24-28-19)14-27-17-8-6-15(7-9-17)20(26)22-16-10-12-25(13-11-16)21(2,3)4/h6-9,16H,5,10-14H2,1-4H3,(H,22,26). The Morgan fingerprint density at radius 3 is 2.50 bits per heavy atom. The van der Waals surface area contributed by atoms with Crippen LogP contribution in [0, 0.1) is 0 Å². The molecule has 1 aliphatic heterocycles. The van der Waals surface area contributed by atoms with Crippen LogP contribution in [-0.2, 0) is 13.0 Å². The summed E-state index contributed by atoms with van der Waals surface area (Å²) in [4.78, 5) is 19.2. The molecule has 0 aliphatic carbocycles. The highest BCUT2D eigenvalue weighted by Crippen LogP contribution is 2.20. The number of aromatic nitrogens is 2. The number of amides is 1. The highest BCUT2D eigenvalue weighted by atomic mass is 16.5. The van der Waals surface area contributed by atoms with E-state index in [0.29, 0.717) is 29.4 Å². The number of nitrogens with one attached hydrogen (secondary N) is 1. The molecule has 1 saturated heterocycles. The van der Waals surface area contributed by atoms with Gasteiger partial charge >= 0.3 is 0 Å². The van der Waals surface area contributed by atoms with Gasteiger partial charge in [0.25, 0.3) is 5.91 Å². The van der Waals surface area contributed by atoms with Crippen molar-refractivity contribution in [3.8, 4) is 5.75 Å². The third-order valence-electron chi connectivity index (χ3n) is 5.08. The molecule has 0 saturated carbocycles. The van der Waals surface area contributed by atoms with Gasteiger partial charge in [0.2, 0.25) is 11.7 Å². The number of likely N-dealkylation sites (tertiary alicyclic amines) is 1. The molecule has 1 aliphatic rings. The first-order valence-corrected chi connectivity index (χ1v) is 9.95. The van der Waals surface area contributed by atoms with Gasteiger partial charge in [-0.1, -0.05) is 12.1 Å².